The van der Waals surface area contributed by atoms with Gasteiger partial charge in [0.15, 0.2) is 0 Å². The van der Waals surface area contributed by atoms with Gasteiger partial charge in [-0.25, -0.2) is 4.98 Å². The molecule has 0 radical (unpaired) electrons. The molecule has 6 nitrogen and oxygen atoms in total. The number of aryl methyl sites for hydroxylation is 1. The molecule has 1 aliphatic heterocycles. The van der Waals surface area contributed by atoms with Crippen LogP contribution in [-0.2, 0) is 6.54 Å². The molecular formula is C27H27N5O. The van der Waals surface area contributed by atoms with Gasteiger partial charge >= 0.3 is 0 Å². The number of carbonyl (C=O) groups excluding carboxylic acids is 1. The Morgan fingerprint density at radius 2 is 1.85 bits per heavy atom. The molecule has 33 heavy (non-hydrogen) atoms. The van der Waals surface area contributed by atoms with Crippen LogP contribution in [0.5, 0.6) is 0 Å². The van der Waals surface area contributed by atoms with E-state index in [0.29, 0.717) is 11.5 Å². The summed E-state index contributed by atoms with van der Waals surface area (Å²) in [4.78, 5) is 26.4. The van der Waals surface area contributed by atoms with Gasteiger partial charge in [0.2, 0.25) is 0 Å². The Morgan fingerprint density at radius 1 is 1.03 bits per heavy atom. The van der Waals surface area contributed by atoms with E-state index in [9.17, 15) is 4.79 Å². The number of pyridine rings is 2. The number of nitrogens with zero attached hydrogens (tertiary/aromatic N) is 4. The fourth-order valence-electron chi connectivity index (χ4n) is 4.58. The van der Waals surface area contributed by atoms with Crippen LogP contribution in [0.4, 0.5) is 0 Å². The molecule has 1 atom stereocenters. The Bertz CT molecular complexity index is 1320. The molecule has 0 aliphatic carbocycles. The molecule has 4 aromatic rings. The summed E-state index contributed by atoms with van der Waals surface area (Å²) in [5, 5.41) is 2.66. The molecule has 4 heterocycles. The molecule has 0 saturated heterocycles. The lowest BCUT2D eigenvalue weighted by Gasteiger charge is -2.22. The van der Waals surface area contributed by atoms with Crippen LogP contribution in [0.15, 0.2) is 60.8 Å². The average molecular weight is 438 g/mol. The van der Waals surface area contributed by atoms with Gasteiger partial charge in [0.1, 0.15) is 11.5 Å². The number of aromatic nitrogens is 4. The molecule has 166 valence electrons. The average Bonchev–Trinajstić information content (AvgIpc) is 3.25. The fourth-order valence-corrected chi connectivity index (χ4v) is 4.58. The normalized spacial score (nSPS) is 15.2. The third-order valence-electron chi connectivity index (χ3n) is 6.29. The minimum absolute atomic E-state index is 0.0986. The van der Waals surface area contributed by atoms with E-state index in [2.05, 4.69) is 27.9 Å². The Hall–Kier alpha value is -3.80. The van der Waals surface area contributed by atoms with Crippen LogP contribution in [0.2, 0.25) is 0 Å². The van der Waals surface area contributed by atoms with Crippen LogP contribution in [0.1, 0.15) is 47.6 Å². The molecule has 0 bridgehead atoms. The second kappa shape index (κ2) is 8.62. The zero-order valence-electron chi connectivity index (χ0n) is 19.2. The number of benzene rings is 1. The first kappa shape index (κ1) is 21.1. The number of hydrogen-bond acceptors (Lipinski definition) is 4. The minimum Gasteiger partial charge on any atom is -0.355 e. The number of rotatable bonds is 4. The third-order valence-corrected chi connectivity index (χ3v) is 6.29. The first-order valence-electron chi connectivity index (χ1n) is 11.4. The van der Waals surface area contributed by atoms with Crippen molar-refractivity contribution < 1.29 is 4.79 Å². The molecule has 1 N–H and O–H groups in total. The Morgan fingerprint density at radius 3 is 2.61 bits per heavy atom. The summed E-state index contributed by atoms with van der Waals surface area (Å²) in [7, 11) is 1.63. The summed E-state index contributed by atoms with van der Waals surface area (Å²) in [6.45, 7) is 5.21. The number of nitrogens with one attached hydrogen (secondary N) is 1. The fraction of sp³-hybridized carbons (Fsp3) is 0.259. The lowest BCUT2D eigenvalue weighted by Crippen LogP contribution is -2.17. The van der Waals surface area contributed by atoms with Gasteiger partial charge in [-0.3, -0.25) is 14.8 Å². The maximum atomic E-state index is 11.9. The first-order chi connectivity index (χ1) is 16.0. The monoisotopic (exact) mass is 437 g/mol. The Balaban J connectivity index is 1.63. The van der Waals surface area contributed by atoms with Gasteiger partial charge in [-0.15, -0.1) is 0 Å². The Kier molecular flexibility index (Phi) is 5.50. The van der Waals surface area contributed by atoms with Crippen molar-refractivity contribution in [1.82, 2.24) is 24.8 Å². The molecule has 0 spiro atoms. The van der Waals surface area contributed by atoms with Gasteiger partial charge in [0, 0.05) is 48.1 Å². The van der Waals surface area contributed by atoms with Crippen molar-refractivity contribution in [3.8, 4) is 33.9 Å². The van der Waals surface area contributed by atoms with Crippen molar-refractivity contribution in [3.63, 3.8) is 0 Å². The van der Waals surface area contributed by atoms with Crippen LogP contribution in [0.25, 0.3) is 33.9 Å². The summed E-state index contributed by atoms with van der Waals surface area (Å²) >= 11 is 0. The van der Waals surface area contributed by atoms with Crippen LogP contribution in [0, 0.1) is 6.92 Å². The largest absolute Gasteiger partial charge is 0.355 e. The number of amides is 1. The summed E-state index contributed by atoms with van der Waals surface area (Å²) in [5.74, 6) is 1.44. The minimum atomic E-state index is -0.0986. The van der Waals surface area contributed by atoms with Crippen molar-refractivity contribution >= 4 is 5.91 Å². The van der Waals surface area contributed by atoms with E-state index in [1.54, 1.807) is 7.05 Å². The smallest absolute Gasteiger partial charge is 0.251 e. The lowest BCUT2D eigenvalue weighted by atomic mass is 10.0. The van der Waals surface area contributed by atoms with Crippen molar-refractivity contribution in [1.29, 1.82) is 0 Å². The molecular weight excluding hydrogens is 410 g/mol. The lowest BCUT2D eigenvalue weighted by molar-refractivity contribution is 0.0963. The van der Waals surface area contributed by atoms with Crippen LogP contribution >= 0.6 is 0 Å². The van der Waals surface area contributed by atoms with Gasteiger partial charge in [0.05, 0.1) is 17.1 Å². The van der Waals surface area contributed by atoms with E-state index in [0.717, 1.165) is 64.8 Å². The van der Waals surface area contributed by atoms with Crippen LogP contribution < -0.4 is 5.32 Å². The second-order valence-corrected chi connectivity index (χ2v) is 8.61. The highest BCUT2D eigenvalue weighted by Crippen LogP contribution is 2.38. The molecule has 1 aliphatic rings. The third kappa shape index (κ3) is 3.93. The zero-order chi connectivity index (χ0) is 22.9. The van der Waals surface area contributed by atoms with E-state index in [1.165, 1.54) is 0 Å². The first-order valence-corrected chi connectivity index (χ1v) is 11.4. The van der Waals surface area contributed by atoms with E-state index < -0.39 is 0 Å². The number of hydrogen-bond donors (Lipinski definition) is 1. The summed E-state index contributed by atoms with van der Waals surface area (Å²) in [5.41, 5.74) is 7.42. The molecule has 5 rings (SSSR count). The van der Waals surface area contributed by atoms with Crippen LogP contribution in [-0.4, -0.2) is 32.5 Å². The predicted octanol–water partition coefficient (Wildman–Crippen LogP) is 5.24. The van der Waals surface area contributed by atoms with E-state index in [4.69, 9.17) is 9.97 Å². The van der Waals surface area contributed by atoms with E-state index in [-0.39, 0.29) is 5.91 Å². The number of carbonyl (C=O) groups is 1. The molecule has 0 saturated carbocycles. The van der Waals surface area contributed by atoms with Gasteiger partial charge in [-0.1, -0.05) is 25.1 Å². The van der Waals surface area contributed by atoms with E-state index >= 15 is 0 Å². The second-order valence-electron chi connectivity index (χ2n) is 8.61. The van der Waals surface area contributed by atoms with E-state index in [1.807, 2.05) is 61.7 Å². The standard InChI is InChI=1S/C27H27N5O/c1-17-6-5-15-32-25(24(31-26(17)32)22-8-4-7-18(2)30-22)21-13-14-29-23(16-21)19-9-11-20(12-10-19)27(33)28-3/h4,7-14,16-17H,5-6,15H2,1-3H3,(H,28,33)/t17-/m0/s1. The van der Waals surface area contributed by atoms with Crippen molar-refractivity contribution in [3.05, 3.63) is 77.9 Å². The predicted molar refractivity (Wildman–Crippen MR) is 130 cm³/mol. The quantitative estimate of drug-likeness (QED) is 0.474. The SMILES string of the molecule is CNC(=O)c1ccc(-c2cc(-c3c(-c4cccc(C)n4)nc4n3CCC[C@@H]4C)ccn2)cc1. The van der Waals surface area contributed by atoms with Gasteiger partial charge in [-0.2, -0.15) is 0 Å². The highest BCUT2D eigenvalue weighted by atomic mass is 16.1. The highest BCUT2D eigenvalue weighted by Gasteiger charge is 2.26. The number of fused-ring (bicyclic) bond motifs is 1. The van der Waals surface area contributed by atoms with Gasteiger partial charge in [0.25, 0.3) is 5.91 Å². The molecule has 0 unspecified atom stereocenters. The Labute approximate surface area is 193 Å². The zero-order valence-corrected chi connectivity index (χ0v) is 19.2. The maximum absolute atomic E-state index is 11.9. The number of imidazole rings is 1. The van der Waals surface area contributed by atoms with Gasteiger partial charge in [-0.05, 0) is 56.2 Å². The van der Waals surface area contributed by atoms with Crippen molar-refractivity contribution in [2.75, 3.05) is 7.05 Å². The van der Waals surface area contributed by atoms with Crippen molar-refractivity contribution in [2.45, 2.75) is 39.2 Å². The summed E-state index contributed by atoms with van der Waals surface area (Å²) in [6, 6.07) is 17.8. The summed E-state index contributed by atoms with van der Waals surface area (Å²) in [6.07, 6.45) is 4.13. The molecule has 0 fully saturated rings. The van der Waals surface area contributed by atoms with Crippen molar-refractivity contribution in [2.24, 2.45) is 0 Å². The summed E-state index contributed by atoms with van der Waals surface area (Å²) < 4.78 is 2.36. The topological polar surface area (TPSA) is 72.7 Å². The molecule has 3 aromatic heterocycles. The molecule has 1 aromatic carbocycles. The molecule has 6 heteroatoms. The van der Waals surface area contributed by atoms with Gasteiger partial charge < -0.3 is 9.88 Å². The molecule has 1 amide bonds. The highest BCUT2D eigenvalue weighted by molar-refractivity contribution is 5.94. The maximum Gasteiger partial charge on any atom is 0.251 e. The van der Waals surface area contributed by atoms with Crippen LogP contribution in [0.3, 0.4) is 0 Å².